The number of nitrogens with zero attached hydrogens (tertiary/aromatic N) is 1. The van der Waals surface area contributed by atoms with E-state index in [2.05, 4.69) is 6.58 Å². The van der Waals surface area contributed by atoms with Gasteiger partial charge in [-0.25, -0.2) is 4.79 Å². The molecule has 0 aliphatic heterocycles. The fourth-order valence-electron chi connectivity index (χ4n) is 1.39. The molecule has 5 nitrogen and oxygen atoms in total. The molecule has 0 radical (unpaired) electrons. The van der Waals surface area contributed by atoms with E-state index in [4.69, 9.17) is 5.11 Å². The number of hydrogen-bond donors (Lipinski definition) is 1. The Morgan fingerprint density at radius 2 is 2.06 bits per heavy atom. The zero-order valence-corrected chi connectivity index (χ0v) is 8.71. The monoisotopic (exact) mass is 221 g/mol. The minimum Gasteiger partial charge on any atom is -0.478 e. The minimum atomic E-state index is -1.15. The zero-order chi connectivity index (χ0) is 12.3. The number of benzene rings is 1. The van der Waals surface area contributed by atoms with Gasteiger partial charge in [0.15, 0.2) is 0 Å². The summed E-state index contributed by atoms with van der Waals surface area (Å²) in [5, 5.41) is 19.5. The zero-order valence-electron chi connectivity index (χ0n) is 8.71. The lowest BCUT2D eigenvalue weighted by molar-refractivity contribution is -0.385. The van der Waals surface area contributed by atoms with Crippen molar-refractivity contribution in [3.8, 4) is 0 Å². The van der Waals surface area contributed by atoms with Gasteiger partial charge in [-0.15, -0.1) is 0 Å². The van der Waals surface area contributed by atoms with Gasteiger partial charge in [0.25, 0.3) is 5.69 Å². The predicted octanol–water partition coefficient (Wildman–Crippen LogP) is 2.34. The van der Waals surface area contributed by atoms with E-state index in [1.165, 1.54) is 18.2 Å². The van der Waals surface area contributed by atoms with Crippen LogP contribution in [-0.2, 0) is 4.79 Å². The molecule has 0 aliphatic rings. The summed E-state index contributed by atoms with van der Waals surface area (Å²) in [7, 11) is 0. The van der Waals surface area contributed by atoms with Gasteiger partial charge in [-0.1, -0.05) is 31.7 Å². The van der Waals surface area contributed by atoms with Crippen molar-refractivity contribution in [2.24, 2.45) is 0 Å². The van der Waals surface area contributed by atoms with Gasteiger partial charge in [-0.05, 0) is 0 Å². The van der Waals surface area contributed by atoms with Gasteiger partial charge in [0.05, 0.1) is 4.92 Å². The van der Waals surface area contributed by atoms with Crippen molar-refractivity contribution >= 4 is 11.7 Å². The lowest BCUT2D eigenvalue weighted by Crippen LogP contribution is -2.09. The average Bonchev–Trinajstić information content (AvgIpc) is 2.26. The summed E-state index contributed by atoms with van der Waals surface area (Å²) in [6.07, 6.45) is 0. The number of hydrogen-bond acceptors (Lipinski definition) is 3. The summed E-state index contributed by atoms with van der Waals surface area (Å²) in [5.41, 5.74) is 0.214. The molecule has 16 heavy (non-hydrogen) atoms. The van der Waals surface area contributed by atoms with E-state index in [0.717, 1.165) is 0 Å². The van der Waals surface area contributed by atoms with E-state index in [0.29, 0.717) is 5.56 Å². The molecule has 0 saturated carbocycles. The molecule has 1 aromatic rings. The molecule has 1 rings (SSSR count). The van der Waals surface area contributed by atoms with Crippen LogP contribution in [0.15, 0.2) is 36.4 Å². The molecule has 0 fully saturated rings. The van der Waals surface area contributed by atoms with Crippen LogP contribution >= 0.6 is 0 Å². The molecule has 1 N–H and O–H groups in total. The Bertz CT molecular complexity index is 453. The van der Waals surface area contributed by atoms with Crippen molar-refractivity contribution in [2.45, 2.75) is 12.8 Å². The molecule has 0 spiro atoms. The molecule has 0 aromatic heterocycles. The number of carboxylic acid groups (broad SMARTS) is 1. The minimum absolute atomic E-state index is 0.0608. The first-order valence-electron chi connectivity index (χ1n) is 4.60. The fourth-order valence-corrected chi connectivity index (χ4v) is 1.39. The van der Waals surface area contributed by atoms with Gasteiger partial charge in [0, 0.05) is 23.1 Å². The van der Waals surface area contributed by atoms with E-state index in [1.807, 2.05) is 0 Å². The molecule has 84 valence electrons. The maximum atomic E-state index is 10.7. The van der Waals surface area contributed by atoms with E-state index >= 15 is 0 Å². The van der Waals surface area contributed by atoms with Crippen molar-refractivity contribution in [1.29, 1.82) is 0 Å². The van der Waals surface area contributed by atoms with Crippen LogP contribution in [-0.4, -0.2) is 16.0 Å². The molecule has 0 amide bonds. The summed E-state index contributed by atoms with van der Waals surface area (Å²) < 4.78 is 0. The normalized spacial score (nSPS) is 11.8. The Hall–Kier alpha value is -2.17. The third kappa shape index (κ3) is 2.25. The van der Waals surface area contributed by atoms with Crippen molar-refractivity contribution in [3.63, 3.8) is 0 Å². The Morgan fingerprint density at radius 1 is 1.50 bits per heavy atom. The number of para-hydroxylation sites is 1. The Kier molecular flexibility index (Phi) is 3.40. The number of carboxylic acids is 1. The molecular formula is C11H11NO4. The van der Waals surface area contributed by atoms with E-state index in [-0.39, 0.29) is 11.3 Å². The molecular weight excluding hydrogens is 210 g/mol. The molecule has 5 heteroatoms. The summed E-state index contributed by atoms with van der Waals surface area (Å²) in [6.45, 7) is 4.99. The summed E-state index contributed by atoms with van der Waals surface area (Å²) >= 11 is 0. The molecule has 1 atom stereocenters. The molecule has 0 bridgehead atoms. The van der Waals surface area contributed by atoms with Crippen LogP contribution in [0.1, 0.15) is 18.4 Å². The van der Waals surface area contributed by atoms with Crippen LogP contribution in [0.4, 0.5) is 5.69 Å². The number of rotatable bonds is 4. The van der Waals surface area contributed by atoms with Gasteiger partial charge in [0.2, 0.25) is 0 Å². The molecule has 1 unspecified atom stereocenters. The number of nitro groups is 1. The lowest BCUT2D eigenvalue weighted by atomic mass is 9.93. The Balaban J connectivity index is 3.18. The third-order valence-corrected chi connectivity index (χ3v) is 2.40. The molecule has 0 heterocycles. The first-order valence-corrected chi connectivity index (χ1v) is 4.60. The van der Waals surface area contributed by atoms with E-state index < -0.39 is 16.8 Å². The van der Waals surface area contributed by atoms with E-state index in [1.54, 1.807) is 13.0 Å². The topological polar surface area (TPSA) is 80.4 Å². The molecule has 0 saturated heterocycles. The number of nitro benzene ring substituents is 1. The maximum absolute atomic E-state index is 10.7. The molecule has 1 aromatic carbocycles. The Labute approximate surface area is 92.2 Å². The number of carbonyl (C=O) groups is 1. The second-order valence-electron chi connectivity index (χ2n) is 3.37. The van der Waals surface area contributed by atoms with Crippen LogP contribution < -0.4 is 0 Å². The second kappa shape index (κ2) is 4.57. The maximum Gasteiger partial charge on any atom is 0.331 e. The standard InChI is InChI=1S/C11H11NO4/c1-7(8(2)11(13)14)9-5-3-4-6-10(9)12(15)16/h3-7H,2H2,1H3,(H,13,14). The van der Waals surface area contributed by atoms with Crippen LogP contribution in [0.25, 0.3) is 0 Å². The van der Waals surface area contributed by atoms with Gasteiger partial charge in [-0.3, -0.25) is 10.1 Å². The summed E-state index contributed by atoms with van der Waals surface area (Å²) in [6, 6.07) is 6.06. The predicted molar refractivity (Wildman–Crippen MR) is 58.3 cm³/mol. The van der Waals surface area contributed by atoms with Crippen LogP contribution in [0, 0.1) is 10.1 Å². The SMILES string of the molecule is C=C(C(=O)O)C(C)c1ccccc1[N+](=O)[O-]. The smallest absolute Gasteiger partial charge is 0.331 e. The first-order chi connectivity index (χ1) is 7.45. The second-order valence-corrected chi connectivity index (χ2v) is 3.37. The summed E-state index contributed by atoms with van der Waals surface area (Å²) in [5.74, 6) is -1.73. The van der Waals surface area contributed by atoms with Crippen molar-refractivity contribution in [3.05, 3.63) is 52.1 Å². The van der Waals surface area contributed by atoms with Gasteiger partial charge in [-0.2, -0.15) is 0 Å². The quantitative estimate of drug-likeness (QED) is 0.480. The van der Waals surface area contributed by atoms with Gasteiger partial charge >= 0.3 is 5.97 Å². The fraction of sp³-hybridized carbons (Fsp3) is 0.182. The third-order valence-electron chi connectivity index (χ3n) is 2.40. The largest absolute Gasteiger partial charge is 0.478 e. The van der Waals surface area contributed by atoms with Crippen LogP contribution in [0.2, 0.25) is 0 Å². The van der Waals surface area contributed by atoms with Crippen molar-refractivity contribution in [1.82, 2.24) is 0 Å². The van der Waals surface area contributed by atoms with Crippen molar-refractivity contribution < 1.29 is 14.8 Å². The first kappa shape index (κ1) is 11.9. The van der Waals surface area contributed by atoms with Gasteiger partial charge in [0.1, 0.15) is 0 Å². The summed E-state index contributed by atoms with van der Waals surface area (Å²) in [4.78, 5) is 20.9. The average molecular weight is 221 g/mol. The lowest BCUT2D eigenvalue weighted by Gasteiger charge is -2.11. The molecule has 0 aliphatic carbocycles. The van der Waals surface area contributed by atoms with Crippen LogP contribution in [0.5, 0.6) is 0 Å². The van der Waals surface area contributed by atoms with Crippen molar-refractivity contribution in [2.75, 3.05) is 0 Å². The highest BCUT2D eigenvalue weighted by Crippen LogP contribution is 2.30. The number of aliphatic carboxylic acids is 1. The Morgan fingerprint density at radius 3 is 2.56 bits per heavy atom. The highest BCUT2D eigenvalue weighted by molar-refractivity contribution is 5.87. The van der Waals surface area contributed by atoms with E-state index in [9.17, 15) is 14.9 Å². The highest BCUT2D eigenvalue weighted by Gasteiger charge is 2.23. The van der Waals surface area contributed by atoms with Crippen LogP contribution in [0.3, 0.4) is 0 Å². The van der Waals surface area contributed by atoms with Gasteiger partial charge < -0.3 is 5.11 Å². The highest BCUT2D eigenvalue weighted by atomic mass is 16.6.